The van der Waals surface area contributed by atoms with Gasteiger partial charge in [-0.1, -0.05) is 69.2 Å². The van der Waals surface area contributed by atoms with Crippen LogP contribution >= 0.6 is 0 Å². The first-order chi connectivity index (χ1) is 39.5. The Bertz CT molecular complexity index is 2310. The average Bonchev–Trinajstić information content (AvgIpc) is 2.04. The van der Waals surface area contributed by atoms with Gasteiger partial charge in [0.2, 0.25) is 53.2 Å². The number of carboxylic acids is 1. The van der Waals surface area contributed by atoms with Gasteiger partial charge in [0.15, 0.2) is 12.6 Å². The minimum Gasteiger partial charge on any atom is -0.480 e. The molecular formula is C54H94N10O21. The van der Waals surface area contributed by atoms with Gasteiger partial charge in [-0.3, -0.25) is 47.9 Å². The van der Waals surface area contributed by atoms with Gasteiger partial charge in [-0.2, -0.15) is 0 Å². The van der Waals surface area contributed by atoms with E-state index in [1.54, 1.807) is 69.2 Å². The molecule has 0 saturated carbocycles. The molecule has 3 saturated heterocycles. The summed E-state index contributed by atoms with van der Waals surface area (Å²) in [5.41, 5.74) is 6.40. The molecule has 3 heterocycles. The fourth-order valence-corrected chi connectivity index (χ4v) is 9.71. The van der Waals surface area contributed by atoms with Crippen molar-refractivity contribution in [2.75, 3.05) is 19.8 Å². The first-order valence-corrected chi connectivity index (χ1v) is 28.8. The summed E-state index contributed by atoms with van der Waals surface area (Å²) >= 11 is 0. The van der Waals surface area contributed by atoms with E-state index in [-0.39, 0.29) is 13.0 Å². The summed E-state index contributed by atoms with van der Waals surface area (Å²) in [5.74, 6) is -10.8. The van der Waals surface area contributed by atoms with Crippen LogP contribution in [0.25, 0.3) is 0 Å². The lowest BCUT2D eigenvalue weighted by Crippen LogP contribution is -2.68. The van der Waals surface area contributed by atoms with Crippen LogP contribution in [-0.2, 0) is 66.9 Å². The first kappa shape index (κ1) is 73.5. The third-order valence-corrected chi connectivity index (χ3v) is 15.1. The number of carbonyl (C=O) groups is 10. The smallest absolute Gasteiger partial charge is 0.325 e. The highest BCUT2D eigenvalue weighted by Crippen LogP contribution is 2.31. The zero-order valence-corrected chi connectivity index (χ0v) is 50.8. The minimum absolute atomic E-state index is 0.0856. The molecule has 20 atom stereocenters. The van der Waals surface area contributed by atoms with Crippen molar-refractivity contribution >= 4 is 59.1 Å². The fourth-order valence-electron chi connectivity index (χ4n) is 9.71. The van der Waals surface area contributed by atoms with Crippen molar-refractivity contribution in [3.05, 3.63) is 0 Å². The Morgan fingerprint density at radius 3 is 1.40 bits per heavy atom. The molecule has 17 N–H and O–H groups in total. The molecule has 0 aromatic carbocycles. The van der Waals surface area contributed by atoms with Crippen LogP contribution in [0.4, 0.5) is 0 Å². The second-order valence-corrected chi connectivity index (χ2v) is 23.7. The predicted octanol–water partition coefficient (Wildman–Crippen LogP) is -5.72. The molecule has 0 bridgehead atoms. The number of ether oxygens (including phenoxy) is 4. The van der Waals surface area contributed by atoms with E-state index in [9.17, 15) is 83.7 Å². The molecule has 3 aliphatic heterocycles. The number of aliphatic hydroxyl groups is 6. The van der Waals surface area contributed by atoms with Crippen molar-refractivity contribution in [2.24, 2.45) is 35.3 Å². The molecule has 3 fully saturated rings. The van der Waals surface area contributed by atoms with Crippen molar-refractivity contribution < 1.29 is 103 Å². The molecule has 3 rings (SSSR count). The molecule has 0 aliphatic carbocycles. The molecule has 0 spiro atoms. The highest BCUT2D eigenvalue weighted by molar-refractivity contribution is 5.98. The summed E-state index contributed by atoms with van der Waals surface area (Å²) in [4.78, 5) is 135. The number of rotatable bonds is 29. The number of hydrogen-bond donors (Lipinski definition) is 16. The topological polar surface area (TPSA) is 475 Å². The Morgan fingerprint density at radius 1 is 0.541 bits per heavy atom. The van der Waals surface area contributed by atoms with Gasteiger partial charge >= 0.3 is 5.97 Å². The number of amides is 9. The standard InChI is InChI=1S/C54H94N10O21/c1-20(2)33(47(75)57-26(12)52(80)81)60-49(77)35(22(5)6)62-50(78)36(23(7)8)61-48(76)34(21(3)4)59-44(72)25(11)56-45(73)29-16-15-17-64(29)51(79)37(24(9)10)63-46(74)32(55)27(13)82-53-38(58-28(14)67)43(40(69)31(19-66)83-53)85-54-42(71)41(70)39(68)30(18-65)84-54/h20-27,29-43,53-54,65-66,68-71H,15-19,55H2,1-14H3,(H,56,73)(H,57,75)(H,58,67)(H,59,72)(H,60,77)(H,61,76)(H,62,78)(H,63,74)(H,80,81)/t25-,26-,27+,29-,30+,31+,32-,33-,34-,35-,36-,37-,38+,39-,40-,41-,42+,43+,53-,54-/m0/s1. The second-order valence-electron chi connectivity index (χ2n) is 23.7. The number of aliphatic carboxylic acids is 1. The van der Waals surface area contributed by atoms with E-state index in [2.05, 4.69) is 42.5 Å². The Hall–Kier alpha value is -5.74. The van der Waals surface area contributed by atoms with E-state index in [0.717, 1.165) is 6.92 Å². The summed E-state index contributed by atoms with van der Waals surface area (Å²) in [7, 11) is 0. The molecule has 31 heteroatoms. The number of hydrogen-bond acceptors (Lipinski definition) is 21. The predicted molar refractivity (Wildman–Crippen MR) is 298 cm³/mol. The third kappa shape index (κ3) is 19.6. The van der Waals surface area contributed by atoms with Crippen LogP contribution < -0.4 is 48.3 Å². The zero-order valence-electron chi connectivity index (χ0n) is 50.8. The summed E-state index contributed by atoms with van der Waals surface area (Å²) in [6.45, 7) is 20.0. The SMILES string of the molecule is CC(=O)N[C@H]1[C@@H](O[C@H](C)[C@H](N)C(=O)N[C@H](C(=O)N2CCC[C@H]2C(=O)N[C@@H](C)C(=O)N[C@H](C(=O)N[C@H](C(=O)N[C@H](C(=O)N[C@H](C(=O)N[C@@H](C)C(=O)O)C(C)C)C(C)C)C(C)C)C(C)C)C(C)C)O[C@H](CO)[C@H](O)[C@@H]1O[C@@H]1O[C@H](CO)[C@H](O)[C@H](O)[C@H]1O. The summed E-state index contributed by atoms with van der Waals surface area (Å²) in [6, 6.07) is -12.8. The van der Waals surface area contributed by atoms with Gasteiger partial charge in [0.1, 0.15) is 103 Å². The van der Waals surface area contributed by atoms with Gasteiger partial charge in [-0.05, 0) is 63.2 Å². The van der Waals surface area contributed by atoms with Gasteiger partial charge < -0.3 is 108 Å². The lowest BCUT2D eigenvalue weighted by Gasteiger charge is -2.48. The van der Waals surface area contributed by atoms with Crippen molar-refractivity contribution in [1.82, 2.24) is 47.4 Å². The number of nitrogens with two attached hydrogens (primary N) is 1. The van der Waals surface area contributed by atoms with Gasteiger partial charge in [0, 0.05) is 13.5 Å². The molecule has 0 unspecified atom stereocenters. The van der Waals surface area contributed by atoms with Gasteiger partial charge in [-0.15, -0.1) is 0 Å². The van der Waals surface area contributed by atoms with E-state index >= 15 is 0 Å². The molecule has 9 amide bonds. The number of likely N-dealkylation sites (tertiary alicyclic amines) is 1. The molecular weight excluding hydrogens is 1120 g/mol. The van der Waals surface area contributed by atoms with Gasteiger partial charge in [-0.25, -0.2) is 0 Å². The quantitative estimate of drug-likeness (QED) is 0.0332. The molecule has 0 radical (unpaired) electrons. The van der Waals surface area contributed by atoms with Gasteiger partial charge in [0.25, 0.3) is 0 Å². The largest absolute Gasteiger partial charge is 0.480 e. The Morgan fingerprint density at radius 2 is 0.965 bits per heavy atom. The Balaban J connectivity index is 1.71. The third-order valence-electron chi connectivity index (χ3n) is 15.1. The van der Waals surface area contributed by atoms with E-state index in [4.69, 9.17) is 24.7 Å². The van der Waals surface area contributed by atoms with Crippen molar-refractivity contribution in [3.8, 4) is 0 Å². The number of nitrogens with zero attached hydrogens (tertiary/aromatic N) is 1. The van der Waals surface area contributed by atoms with E-state index < -0.39 is 224 Å². The monoisotopic (exact) mass is 1220 g/mol. The number of carbonyl (C=O) groups excluding carboxylic acids is 9. The molecule has 31 nitrogen and oxygen atoms in total. The van der Waals surface area contributed by atoms with Crippen molar-refractivity contribution in [3.63, 3.8) is 0 Å². The van der Waals surface area contributed by atoms with Crippen LogP contribution in [0.2, 0.25) is 0 Å². The van der Waals surface area contributed by atoms with Crippen LogP contribution in [0.1, 0.15) is 110 Å². The molecule has 0 aromatic rings. The number of nitrogens with one attached hydrogen (secondary N) is 8. The van der Waals surface area contributed by atoms with E-state index in [0.29, 0.717) is 6.42 Å². The van der Waals surface area contributed by atoms with Crippen molar-refractivity contribution in [2.45, 2.75) is 232 Å². The molecule has 85 heavy (non-hydrogen) atoms. The fraction of sp³-hybridized carbons (Fsp3) is 0.815. The number of carboxylic acid groups (broad SMARTS) is 1. The van der Waals surface area contributed by atoms with Gasteiger partial charge in [0.05, 0.1) is 19.3 Å². The maximum Gasteiger partial charge on any atom is 0.325 e. The zero-order chi connectivity index (χ0) is 64.8. The van der Waals surface area contributed by atoms with Crippen LogP contribution in [0.15, 0.2) is 0 Å². The second kappa shape index (κ2) is 32.8. The minimum atomic E-state index is -1.93. The average molecular weight is 1220 g/mol. The lowest BCUT2D eigenvalue weighted by molar-refractivity contribution is -0.347. The van der Waals surface area contributed by atoms with E-state index in [1.165, 1.54) is 25.7 Å². The highest BCUT2D eigenvalue weighted by Gasteiger charge is 2.53. The highest BCUT2D eigenvalue weighted by atomic mass is 16.7. The van der Waals surface area contributed by atoms with Crippen molar-refractivity contribution in [1.29, 1.82) is 0 Å². The van der Waals surface area contributed by atoms with Crippen LogP contribution in [-0.4, -0.2) is 241 Å². The summed E-state index contributed by atoms with van der Waals surface area (Å²) < 4.78 is 23.1. The van der Waals surface area contributed by atoms with Crippen LogP contribution in [0.5, 0.6) is 0 Å². The van der Waals surface area contributed by atoms with E-state index in [1.807, 2.05) is 0 Å². The van der Waals surface area contributed by atoms with Crippen LogP contribution in [0.3, 0.4) is 0 Å². The summed E-state index contributed by atoms with van der Waals surface area (Å²) in [5, 5.41) is 92.3. The first-order valence-electron chi connectivity index (χ1n) is 28.8. The maximum atomic E-state index is 14.3. The summed E-state index contributed by atoms with van der Waals surface area (Å²) in [6.07, 6.45) is -16.1. The maximum absolute atomic E-state index is 14.3. The number of aliphatic hydroxyl groups excluding tert-OH is 6. The molecule has 0 aromatic heterocycles. The lowest BCUT2D eigenvalue weighted by atomic mass is 9.95. The Kier molecular flexibility index (Phi) is 28.4. The molecule has 3 aliphatic rings. The van der Waals surface area contributed by atoms with Crippen LogP contribution in [0, 0.1) is 29.6 Å². The molecule has 486 valence electrons. The normalized spacial score (nSPS) is 27.6. The Labute approximate surface area is 494 Å².